The Hall–Kier alpha value is -1.34. The quantitative estimate of drug-likeness (QED) is 0.256. The zero-order valence-electron chi connectivity index (χ0n) is 17.2. The van der Waals surface area contributed by atoms with Crippen LogP contribution in [0.4, 0.5) is 0 Å². The van der Waals surface area contributed by atoms with Gasteiger partial charge in [-0.05, 0) is 37.2 Å². The molecule has 26 heavy (non-hydrogen) atoms. The Labute approximate surface area is 161 Å². The van der Waals surface area contributed by atoms with Crippen LogP contribution < -0.4 is 0 Å². The number of aliphatic hydroxyl groups excluding tert-OH is 1. The maximum Gasteiger partial charge on any atom is 0.129 e. The summed E-state index contributed by atoms with van der Waals surface area (Å²) in [6.45, 7) is 12.8. The summed E-state index contributed by atoms with van der Waals surface area (Å²) in [7, 11) is -1.29. The lowest BCUT2D eigenvalue weighted by Crippen LogP contribution is -2.17. The number of allylic oxidation sites excluding steroid dienone is 1. The predicted molar refractivity (Wildman–Crippen MR) is 115 cm³/mol. The van der Waals surface area contributed by atoms with Crippen molar-refractivity contribution >= 4 is 8.07 Å². The Kier molecular flexibility index (Phi) is 10.6. The van der Waals surface area contributed by atoms with Gasteiger partial charge in [0.15, 0.2) is 0 Å². The summed E-state index contributed by atoms with van der Waals surface area (Å²) in [4.78, 5) is 0. The average Bonchev–Trinajstić information content (AvgIpc) is 2.58. The van der Waals surface area contributed by atoms with E-state index in [0.717, 1.165) is 25.9 Å². The first-order valence-electron chi connectivity index (χ1n) is 9.72. The van der Waals surface area contributed by atoms with E-state index in [4.69, 9.17) is 4.74 Å². The number of ether oxygens (including phenoxy) is 1. The van der Waals surface area contributed by atoms with E-state index < -0.39 is 8.07 Å². The minimum atomic E-state index is -1.29. The van der Waals surface area contributed by atoms with Gasteiger partial charge in [0.25, 0.3) is 0 Å². The molecule has 2 nitrogen and oxygen atoms in total. The van der Waals surface area contributed by atoms with Crippen LogP contribution in [0.1, 0.15) is 38.7 Å². The normalized spacial score (nSPS) is 14.5. The van der Waals surface area contributed by atoms with Crippen molar-refractivity contribution in [3.63, 3.8) is 0 Å². The van der Waals surface area contributed by atoms with Crippen molar-refractivity contribution < 1.29 is 9.84 Å². The summed E-state index contributed by atoms with van der Waals surface area (Å²) in [5.41, 5.74) is 5.95. The number of rotatable bonds is 10. The van der Waals surface area contributed by atoms with Crippen LogP contribution in [0.2, 0.25) is 19.6 Å². The average molecular weight is 373 g/mol. The van der Waals surface area contributed by atoms with Gasteiger partial charge >= 0.3 is 0 Å². The first-order chi connectivity index (χ1) is 12.3. The number of aliphatic hydroxyl groups is 1. The van der Waals surface area contributed by atoms with E-state index in [1.54, 1.807) is 0 Å². The number of hydrogen-bond acceptors (Lipinski definition) is 2. The van der Waals surface area contributed by atoms with Gasteiger partial charge in [0.1, 0.15) is 8.07 Å². The zero-order chi connectivity index (χ0) is 19.4. The van der Waals surface area contributed by atoms with Gasteiger partial charge in [-0.1, -0.05) is 68.5 Å². The molecule has 3 heteroatoms. The summed E-state index contributed by atoms with van der Waals surface area (Å²) < 4.78 is 5.86. The lowest BCUT2D eigenvalue weighted by molar-refractivity contribution is 0.103. The fourth-order valence-corrected chi connectivity index (χ4v) is 3.70. The summed E-state index contributed by atoms with van der Waals surface area (Å²) in [5, 5.41) is 9.26. The Morgan fingerprint density at radius 3 is 2.50 bits per heavy atom. The molecule has 1 aromatic carbocycles. The lowest BCUT2D eigenvalue weighted by Gasteiger charge is -2.24. The molecule has 1 N–H and O–H groups in total. The first-order valence-corrected chi connectivity index (χ1v) is 13.2. The maximum atomic E-state index is 9.26. The molecule has 0 aromatic heterocycles. The van der Waals surface area contributed by atoms with Gasteiger partial charge in [-0.3, -0.25) is 0 Å². The molecule has 1 rings (SSSR count). The highest BCUT2D eigenvalue weighted by molar-refractivity contribution is 6.83. The molecule has 144 valence electrons. The molecule has 0 amide bonds. The Balaban J connectivity index is 2.50. The lowest BCUT2D eigenvalue weighted by atomic mass is 9.82. The minimum Gasteiger partial charge on any atom is -0.392 e. The standard InChI is InChI=1S/C23H36O2Si/c1-20(14-16-24)23(13-9-10-18-26(3,4)5)21(2)15-17-25-19-22-11-7-6-8-12-22/h6-8,11-12,14,21,23-24H,9,13,15-17,19H2,1-5H3/b20-14+/t21-,23+/m1/s1. The highest BCUT2D eigenvalue weighted by Crippen LogP contribution is 2.28. The van der Waals surface area contributed by atoms with Crippen LogP contribution in [0.25, 0.3) is 0 Å². The molecular weight excluding hydrogens is 336 g/mol. The van der Waals surface area contributed by atoms with E-state index in [1.165, 1.54) is 11.1 Å². The second-order valence-corrected chi connectivity index (χ2v) is 12.9. The minimum absolute atomic E-state index is 0.111. The molecule has 0 aliphatic rings. The fraction of sp³-hybridized carbons (Fsp3) is 0.565. The van der Waals surface area contributed by atoms with Gasteiger partial charge in [-0.15, -0.1) is 11.5 Å². The topological polar surface area (TPSA) is 29.5 Å². The SMILES string of the molecule is C/C(=C\CO)[C@H](CCC#C[Si](C)(C)C)[C@H](C)CCOCc1ccccc1. The van der Waals surface area contributed by atoms with Crippen molar-refractivity contribution in [3.8, 4) is 11.5 Å². The molecule has 0 radical (unpaired) electrons. The number of hydrogen-bond donors (Lipinski definition) is 1. The van der Waals surface area contributed by atoms with Crippen LogP contribution in [0.3, 0.4) is 0 Å². The van der Waals surface area contributed by atoms with Crippen molar-refractivity contribution in [2.75, 3.05) is 13.2 Å². The van der Waals surface area contributed by atoms with Crippen molar-refractivity contribution in [2.45, 2.75) is 59.4 Å². The molecule has 1 aromatic rings. The summed E-state index contributed by atoms with van der Waals surface area (Å²) in [6, 6.07) is 10.3. The van der Waals surface area contributed by atoms with E-state index in [-0.39, 0.29) is 6.61 Å². The van der Waals surface area contributed by atoms with E-state index in [9.17, 15) is 5.11 Å². The third-order valence-electron chi connectivity index (χ3n) is 4.56. The van der Waals surface area contributed by atoms with E-state index >= 15 is 0 Å². The Bertz CT molecular complexity index is 590. The first kappa shape index (κ1) is 22.7. The predicted octanol–water partition coefficient (Wildman–Crippen LogP) is 5.45. The zero-order valence-corrected chi connectivity index (χ0v) is 18.2. The van der Waals surface area contributed by atoms with Crippen molar-refractivity contribution in [1.29, 1.82) is 0 Å². The molecule has 0 aliphatic carbocycles. The van der Waals surface area contributed by atoms with Crippen LogP contribution >= 0.6 is 0 Å². The maximum absolute atomic E-state index is 9.26. The fourth-order valence-electron chi connectivity index (χ4n) is 3.05. The van der Waals surface area contributed by atoms with E-state index in [1.807, 2.05) is 24.3 Å². The van der Waals surface area contributed by atoms with E-state index in [2.05, 4.69) is 57.1 Å². The molecule has 0 aliphatic heterocycles. The third kappa shape index (κ3) is 9.96. The van der Waals surface area contributed by atoms with Crippen LogP contribution in [0.15, 0.2) is 42.0 Å². The van der Waals surface area contributed by atoms with E-state index in [0.29, 0.717) is 18.4 Å². The van der Waals surface area contributed by atoms with Crippen LogP contribution in [0, 0.1) is 23.3 Å². The second-order valence-electron chi connectivity index (χ2n) is 8.13. The molecule has 0 saturated carbocycles. The van der Waals surface area contributed by atoms with Crippen LogP contribution in [-0.4, -0.2) is 26.4 Å². The molecule has 0 saturated heterocycles. The molecule has 0 unspecified atom stereocenters. The molecular formula is C23H36O2Si. The summed E-state index contributed by atoms with van der Waals surface area (Å²) >= 11 is 0. The van der Waals surface area contributed by atoms with Crippen molar-refractivity contribution in [3.05, 3.63) is 47.5 Å². The van der Waals surface area contributed by atoms with Gasteiger partial charge in [0.2, 0.25) is 0 Å². The Morgan fingerprint density at radius 1 is 1.19 bits per heavy atom. The molecule has 0 fully saturated rings. The van der Waals surface area contributed by atoms with Gasteiger partial charge in [0.05, 0.1) is 13.2 Å². The van der Waals surface area contributed by atoms with Crippen molar-refractivity contribution in [1.82, 2.24) is 0 Å². The third-order valence-corrected chi connectivity index (χ3v) is 5.48. The Morgan fingerprint density at radius 2 is 1.88 bits per heavy atom. The molecule has 0 spiro atoms. The largest absolute Gasteiger partial charge is 0.392 e. The van der Waals surface area contributed by atoms with Gasteiger partial charge in [-0.25, -0.2) is 0 Å². The monoisotopic (exact) mass is 372 g/mol. The van der Waals surface area contributed by atoms with Gasteiger partial charge in [0, 0.05) is 13.0 Å². The number of benzene rings is 1. The van der Waals surface area contributed by atoms with Gasteiger partial charge in [-0.2, -0.15) is 0 Å². The summed E-state index contributed by atoms with van der Waals surface area (Å²) in [6.07, 6.45) is 4.95. The molecule has 0 heterocycles. The van der Waals surface area contributed by atoms with Gasteiger partial charge < -0.3 is 9.84 Å². The highest BCUT2D eigenvalue weighted by Gasteiger charge is 2.18. The van der Waals surface area contributed by atoms with Crippen molar-refractivity contribution in [2.24, 2.45) is 11.8 Å². The van der Waals surface area contributed by atoms with Crippen LogP contribution in [-0.2, 0) is 11.3 Å². The second kappa shape index (κ2) is 12.1. The highest BCUT2D eigenvalue weighted by atomic mass is 28.3. The molecule has 0 bridgehead atoms. The summed E-state index contributed by atoms with van der Waals surface area (Å²) in [5.74, 6) is 4.36. The van der Waals surface area contributed by atoms with Crippen LogP contribution in [0.5, 0.6) is 0 Å². The molecule has 2 atom stereocenters. The smallest absolute Gasteiger partial charge is 0.129 e.